The van der Waals surface area contributed by atoms with E-state index in [9.17, 15) is 4.79 Å². The summed E-state index contributed by atoms with van der Waals surface area (Å²) in [5.41, 5.74) is 0. The Bertz CT molecular complexity index is 276. The van der Waals surface area contributed by atoms with Gasteiger partial charge in [0.1, 0.15) is 0 Å². The van der Waals surface area contributed by atoms with Crippen LogP contribution in [0.3, 0.4) is 0 Å². The first-order valence-electron chi connectivity index (χ1n) is 4.52. The minimum Gasteiger partial charge on any atom is -0.545 e. The summed E-state index contributed by atoms with van der Waals surface area (Å²) >= 11 is 0. The molecule has 0 fully saturated rings. The first-order chi connectivity index (χ1) is 6.80. The van der Waals surface area contributed by atoms with Crippen molar-refractivity contribution in [2.75, 3.05) is 14.2 Å². The van der Waals surface area contributed by atoms with Crippen molar-refractivity contribution in [3.63, 3.8) is 0 Å². The third-order valence-electron chi connectivity index (χ3n) is 1.34. The summed E-state index contributed by atoms with van der Waals surface area (Å²) in [5.74, 6) is -0.0463. The van der Waals surface area contributed by atoms with E-state index < -0.39 is 14.3 Å². The zero-order valence-corrected chi connectivity index (χ0v) is 10.9. The number of ether oxygens (including phenoxy) is 2. The Balaban J connectivity index is 4.57. The van der Waals surface area contributed by atoms with Crippen LogP contribution in [0.2, 0.25) is 19.6 Å². The fourth-order valence-electron chi connectivity index (χ4n) is 0.871. The van der Waals surface area contributed by atoms with E-state index >= 15 is 0 Å². The quantitative estimate of drug-likeness (QED) is 0.238. The monoisotopic (exact) mass is 230 g/mol. The van der Waals surface area contributed by atoms with Crippen molar-refractivity contribution in [2.45, 2.75) is 19.6 Å². The number of hydrogen-bond acceptors (Lipinski definition) is 4. The molecule has 0 aromatic heterocycles. The molecule has 0 unspecified atom stereocenters. The highest BCUT2D eigenvalue weighted by Crippen LogP contribution is 2.12. The number of esters is 1. The molecule has 0 heterocycles. The maximum Gasteiger partial charge on any atom is 0.373 e. The molecule has 0 bridgehead atoms. The van der Waals surface area contributed by atoms with Gasteiger partial charge in [-0.15, -0.1) is 0 Å². The van der Waals surface area contributed by atoms with E-state index in [-0.39, 0.29) is 5.76 Å². The predicted molar refractivity (Wildman–Crippen MR) is 60.7 cm³/mol. The Morgan fingerprint density at radius 1 is 1.20 bits per heavy atom. The highest BCUT2D eigenvalue weighted by Gasteiger charge is 2.17. The van der Waals surface area contributed by atoms with E-state index in [2.05, 4.69) is 11.3 Å². The Morgan fingerprint density at radius 3 is 2.07 bits per heavy atom. The van der Waals surface area contributed by atoms with Crippen LogP contribution in [0, 0.1) is 0 Å². The van der Waals surface area contributed by atoms with Crippen LogP contribution in [0.4, 0.5) is 0 Å². The molecule has 0 aliphatic rings. The highest BCUT2D eigenvalue weighted by molar-refractivity contribution is 6.70. The predicted octanol–water partition coefficient (Wildman–Crippen LogP) is 2.05. The molecule has 0 aromatic carbocycles. The summed E-state index contributed by atoms with van der Waals surface area (Å²) < 4.78 is 14.9. The molecular formula is C10H18O4Si. The summed E-state index contributed by atoms with van der Waals surface area (Å²) in [5, 5.41) is 0. The second-order valence-electron chi connectivity index (χ2n) is 3.89. The van der Waals surface area contributed by atoms with Crippen LogP contribution >= 0.6 is 0 Å². The normalized spacial score (nSPS) is 11.9. The molecule has 0 saturated heterocycles. The molecular weight excluding hydrogens is 212 g/mol. The number of carbonyl (C=O) groups excluding carboxylic acids is 1. The van der Waals surface area contributed by atoms with E-state index in [4.69, 9.17) is 9.16 Å². The SMILES string of the molecule is C=C(C=C(OC)C(=O)OC)O[Si](C)(C)C. The van der Waals surface area contributed by atoms with Gasteiger partial charge in [-0.1, -0.05) is 6.58 Å². The molecule has 0 radical (unpaired) electrons. The van der Waals surface area contributed by atoms with Crippen LogP contribution in [0.5, 0.6) is 0 Å². The molecule has 4 nitrogen and oxygen atoms in total. The van der Waals surface area contributed by atoms with E-state index in [0.717, 1.165) is 0 Å². The maximum absolute atomic E-state index is 11.1. The van der Waals surface area contributed by atoms with Gasteiger partial charge in [0.05, 0.1) is 20.0 Å². The zero-order chi connectivity index (χ0) is 12.1. The number of methoxy groups -OCH3 is 2. The Morgan fingerprint density at radius 2 is 1.73 bits per heavy atom. The van der Waals surface area contributed by atoms with Gasteiger partial charge in [0.25, 0.3) is 0 Å². The fraction of sp³-hybridized carbons (Fsp3) is 0.500. The van der Waals surface area contributed by atoms with E-state index in [1.54, 1.807) is 0 Å². The Kier molecular flexibility index (Phi) is 5.14. The van der Waals surface area contributed by atoms with Crippen molar-refractivity contribution in [1.82, 2.24) is 0 Å². The second-order valence-corrected chi connectivity index (χ2v) is 8.31. The molecule has 0 aromatic rings. The molecule has 0 atom stereocenters. The lowest BCUT2D eigenvalue weighted by Gasteiger charge is -2.19. The van der Waals surface area contributed by atoms with Crippen LogP contribution in [-0.4, -0.2) is 28.5 Å². The van der Waals surface area contributed by atoms with Gasteiger partial charge in [-0.25, -0.2) is 4.79 Å². The fourth-order valence-corrected chi connectivity index (χ4v) is 1.72. The van der Waals surface area contributed by atoms with E-state index in [0.29, 0.717) is 5.76 Å². The molecule has 0 saturated carbocycles. The summed E-state index contributed by atoms with van der Waals surface area (Å²) in [7, 11) is 0.986. The Labute approximate surface area is 91.7 Å². The summed E-state index contributed by atoms with van der Waals surface area (Å²) in [4.78, 5) is 11.1. The van der Waals surface area contributed by atoms with Gasteiger partial charge in [-0.2, -0.15) is 0 Å². The highest BCUT2D eigenvalue weighted by atomic mass is 28.4. The van der Waals surface area contributed by atoms with Crippen molar-refractivity contribution >= 4 is 14.3 Å². The number of allylic oxidation sites excluding steroid dienone is 1. The smallest absolute Gasteiger partial charge is 0.373 e. The van der Waals surface area contributed by atoms with Gasteiger partial charge in [0.2, 0.25) is 14.1 Å². The lowest BCUT2D eigenvalue weighted by molar-refractivity contribution is -0.139. The van der Waals surface area contributed by atoms with Crippen molar-refractivity contribution < 1.29 is 18.7 Å². The standard InChI is InChI=1S/C10H18O4Si/c1-8(14-15(4,5)6)7-9(12-2)10(11)13-3/h7H,1H2,2-6H3. The summed E-state index contributed by atoms with van der Waals surface area (Å²) in [6.07, 6.45) is 1.43. The van der Waals surface area contributed by atoms with Crippen LogP contribution in [0.15, 0.2) is 24.2 Å². The number of carbonyl (C=O) groups is 1. The molecule has 0 N–H and O–H groups in total. The number of hydrogen-bond donors (Lipinski definition) is 0. The molecule has 86 valence electrons. The minimum atomic E-state index is -1.70. The van der Waals surface area contributed by atoms with Gasteiger partial charge >= 0.3 is 5.97 Å². The minimum absolute atomic E-state index is 0.0840. The third-order valence-corrected chi connectivity index (χ3v) is 2.21. The van der Waals surface area contributed by atoms with Crippen LogP contribution in [-0.2, 0) is 18.7 Å². The molecule has 0 amide bonds. The third kappa shape index (κ3) is 5.95. The van der Waals surface area contributed by atoms with Crippen molar-refractivity contribution in [1.29, 1.82) is 0 Å². The second kappa shape index (κ2) is 5.60. The van der Waals surface area contributed by atoms with Crippen molar-refractivity contribution in [3.05, 3.63) is 24.2 Å². The van der Waals surface area contributed by atoms with Crippen LogP contribution in [0.25, 0.3) is 0 Å². The number of rotatable bonds is 5. The van der Waals surface area contributed by atoms with Gasteiger partial charge in [-0.3, -0.25) is 0 Å². The molecule has 0 aliphatic heterocycles. The molecule has 0 rings (SSSR count). The van der Waals surface area contributed by atoms with E-state index in [1.807, 2.05) is 19.6 Å². The summed E-state index contributed by atoms with van der Waals surface area (Å²) in [6, 6.07) is 0. The lowest BCUT2D eigenvalue weighted by Crippen LogP contribution is -2.24. The van der Waals surface area contributed by atoms with Crippen LogP contribution in [0.1, 0.15) is 0 Å². The van der Waals surface area contributed by atoms with Gasteiger partial charge in [-0.05, 0) is 19.6 Å². The Hall–Kier alpha value is -1.23. The lowest BCUT2D eigenvalue weighted by atomic mass is 10.4. The van der Waals surface area contributed by atoms with Crippen molar-refractivity contribution in [2.24, 2.45) is 0 Å². The molecule has 0 aliphatic carbocycles. The topological polar surface area (TPSA) is 44.8 Å². The van der Waals surface area contributed by atoms with Crippen LogP contribution < -0.4 is 0 Å². The van der Waals surface area contributed by atoms with Crippen molar-refractivity contribution in [3.8, 4) is 0 Å². The summed E-state index contributed by atoms with van der Waals surface area (Å²) in [6.45, 7) is 9.77. The maximum atomic E-state index is 11.1. The van der Waals surface area contributed by atoms with Gasteiger partial charge in [0, 0.05) is 6.08 Å². The largest absolute Gasteiger partial charge is 0.545 e. The first kappa shape index (κ1) is 13.8. The first-order valence-corrected chi connectivity index (χ1v) is 7.93. The van der Waals surface area contributed by atoms with Gasteiger partial charge in [0.15, 0.2) is 0 Å². The van der Waals surface area contributed by atoms with Gasteiger partial charge < -0.3 is 13.9 Å². The van der Waals surface area contributed by atoms with E-state index in [1.165, 1.54) is 20.3 Å². The molecule has 0 spiro atoms. The molecule has 5 heteroatoms. The average Bonchev–Trinajstić information content (AvgIpc) is 2.10. The molecule has 15 heavy (non-hydrogen) atoms. The average molecular weight is 230 g/mol. The zero-order valence-electron chi connectivity index (χ0n) is 9.92.